The van der Waals surface area contributed by atoms with Gasteiger partial charge in [0.15, 0.2) is 0 Å². The second-order valence-electron chi connectivity index (χ2n) is 4.88. The largest absolute Gasteiger partial charge is 0.468 e. The van der Waals surface area contributed by atoms with Crippen LogP contribution >= 0.6 is 0 Å². The molecule has 2 N–H and O–H groups in total. The van der Waals surface area contributed by atoms with E-state index in [2.05, 4.69) is 4.74 Å². The quantitative estimate of drug-likeness (QED) is 0.478. The Balaban J connectivity index is 2.77. The van der Waals surface area contributed by atoms with E-state index in [0.717, 1.165) is 5.56 Å². The van der Waals surface area contributed by atoms with Crippen molar-refractivity contribution in [2.45, 2.75) is 26.3 Å². The molecule has 20 heavy (non-hydrogen) atoms. The fourth-order valence-corrected chi connectivity index (χ4v) is 1.69. The molecular formula is C15H19NO4. The highest BCUT2D eigenvalue weighted by atomic mass is 16.5. The summed E-state index contributed by atoms with van der Waals surface area (Å²) in [4.78, 5) is 34.6. The van der Waals surface area contributed by atoms with Gasteiger partial charge in [-0.15, -0.1) is 0 Å². The van der Waals surface area contributed by atoms with Gasteiger partial charge in [-0.1, -0.05) is 38.1 Å². The number of carbonyl (C=O) groups is 3. The number of hydrogen-bond donors (Lipinski definition) is 1. The number of methoxy groups -OCH3 is 1. The van der Waals surface area contributed by atoms with E-state index in [1.54, 1.807) is 38.1 Å². The third kappa shape index (κ3) is 3.99. The molecule has 0 aliphatic rings. The van der Waals surface area contributed by atoms with Gasteiger partial charge in [-0.3, -0.25) is 14.4 Å². The van der Waals surface area contributed by atoms with Crippen LogP contribution in [0.15, 0.2) is 24.3 Å². The second kappa shape index (κ2) is 6.96. The molecule has 1 atom stereocenters. The summed E-state index contributed by atoms with van der Waals surface area (Å²) in [6.07, 6.45) is 0.319. The highest BCUT2D eigenvalue weighted by molar-refractivity contribution is 6.44. The van der Waals surface area contributed by atoms with Crippen molar-refractivity contribution in [2.75, 3.05) is 7.11 Å². The lowest BCUT2D eigenvalue weighted by Crippen LogP contribution is -2.33. The van der Waals surface area contributed by atoms with Crippen LogP contribution in [0.25, 0.3) is 0 Å². The molecule has 0 spiro atoms. The number of benzene rings is 1. The molecule has 5 nitrogen and oxygen atoms in total. The highest BCUT2D eigenvalue weighted by Gasteiger charge is 2.19. The molecular weight excluding hydrogens is 258 g/mol. The van der Waals surface area contributed by atoms with E-state index in [1.807, 2.05) is 0 Å². The lowest BCUT2D eigenvalue weighted by atomic mass is 9.97. The second-order valence-corrected chi connectivity index (χ2v) is 4.88. The van der Waals surface area contributed by atoms with Gasteiger partial charge in [0.2, 0.25) is 11.6 Å². The Kier molecular flexibility index (Phi) is 5.58. The summed E-state index contributed by atoms with van der Waals surface area (Å²) in [6, 6.07) is 5.77. The maximum absolute atomic E-state index is 11.8. The number of hydrogen-bond acceptors (Lipinski definition) is 5. The van der Waals surface area contributed by atoms with E-state index in [4.69, 9.17) is 5.73 Å². The number of nitrogens with two attached hydrogens (primary N) is 1. The van der Waals surface area contributed by atoms with Gasteiger partial charge in [0.05, 0.1) is 7.11 Å². The van der Waals surface area contributed by atoms with Crippen molar-refractivity contribution in [3.05, 3.63) is 35.4 Å². The molecule has 0 bridgehead atoms. The molecule has 1 aromatic rings. The molecule has 0 amide bonds. The predicted octanol–water partition coefficient (Wildman–Crippen LogP) is 1.14. The standard InChI is InChI=1S/C15H19NO4/c1-9(2)13(17)14(18)11-6-4-10(5-7-11)8-12(16)15(19)20-3/h4-7,9,12H,8,16H2,1-3H3/t12-/m0/s1. The zero-order chi connectivity index (χ0) is 15.3. The fourth-order valence-electron chi connectivity index (χ4n) is 1.69. The predicted molar refractivity (Wildman–Crippen MR) is 74.3 cm³/mol. The third-order valence-electron chi connectivity index (χ3n) is 2.92. The van der Waals surface area contributed by atoms with E-state index in [1.165, 1.54) is 7.11 Å². The van der Waals surface area contributed by atoms with Crippen LogP contribution < -0.4 is 5.73 Å². The molecule has 0 fully saturated rings. The smallest absolute Gasteiger partial charge is 0.322 e. The number of esters is 1. The molecule has 108 valence electrons. The van der Waals surface area contributed by atoms with Crippen LogP contribution in [0.3, 0.4) is 0 Å². The molecule has 0 aliphatic heterocycles. The van der Waals surface area contributed by atoms with E-state index in [0.29, 0.717) is 12.0 Å². The van der Waals surface area contributed by atoms with Crippen molar-refractivity contribution < 1.29 is 19.1 Å². The molecule has 0 saturated carbocycles. The minimum absolute atomic E-state index is 0.319. The molecule has 1 rings (SSSR count). The van der Waals surface area contributed by atoms with Crippen molar-refractivity contribution in [1.82, 2.24) is 0 Å². The summed E-state index contributed by atoms with van der Waals surface area (Å²) in [5.41, 5.74) is 6.80. The zero-order valence-electron chi connectivity index (χ0n) is 11.9. The number of ether oxygens (including phenoxy) is 1. The van der Waals surface area contributed by atoms with E-state index in [-0.39, 0.29) is 5.92 Å². The monoisotopic (exact) mass is 277 g/mol. The lowest BCUT2D eigenvalue weighted by Gasteiger charge is -2.09. The van der Waals surface area contributed by atoms with E-state index < -0.39 is 23.6 Å². The molecule has 5 heteroatoms. The Morgan fingerprint density at radius 1 is 1.15 bits per heavy atom. The van der Waals surface area contributed by atoms with Crippen LogP contribution in [0.4, 0.5) is 0 Å². The molecule has 0 radical (unpaired) electrons. The van der Waals surface area contributed by atoms with Gasteiger partial charge in [0, 0.05) is 11.5 Å². The van der Waals surface area contributed by atoms with Crippen LogP contribution in [0.2, 0.25) is 0 Å². The van der Waals surface area contributed by atoms with Crippen LogP contribution in [0.5, 0.6) is 0 Å². The first-order valence-electron chi connectivity index (χ1n) is 6.37. The maximum Gasteiger partial charge on any atom is 0.322 e. The number of rotatable bonds is 6. The first-order valence-corrected chi connectivity index (χ1v) is 6.37. The minimum atomic E-state index is -0.737. The van der Waals surface area contributed by atoms with Gasteiger partial charge in [-0.25, -0.2) is 0 Å². The molecule has 0 aromatic heterocycles. The van der Waals surface area contributed by atoms with Crippen molar-refractivity contribution in [3.8, 4) is 0 Å². The molecule has 1 aromatic carbocycles. The normalized spacial score (nSPS) is 12.1. The third-order valence-corrected chi connectivity index (χ3v) is 2.92. The van der Waals surface area contributed by atoms with E-state index >= 15 is 0 Å². The molecule has 0 unspecified atom stereocenters. The average molecular weight is 277 g/mol. The van der Waals surface area contributed by atoms with E-state index in [9.17, 15) is 14.4 Å². The van der Waals surface area contributed by atoms with Crippen molar-refractivity contribution in [2.24, 2.45) is 11.7 Å². The Bertz CT molecular complexity index is 505. The van der Waals surface area contributed by atoms with Crippen molar-refractivity contribution >= 4 is 17.5 Å². The SMILES string of the molecule is COC(=O)[C@@H](N)Cc1ccc(C(=O)C(=O)C(C)C)cc1. The summed E-state index contributed by atoms with van der Waals surface area (Å²) in [7, 11) is 1.28. The summed E-state index contributed by atoms with van der Waals surface area (Å²) in [5.74, 6) is -1.72. The van der Waals surface area contributed by atoms with Gasteiger partial charge < -0.3 is 10.5 Å². The van der Waals surface area contributed by atoms with Gasteiger partial charge in [0.25, 0.3) is 0 Å². The number of carbonyl (C=O) groups excluding carboxylic acids is 3. The Morgan fingerprint density at radius 2 is 1.70 bits per heavy atom. The first-order chi connectivity index (χ1) is 9.36. The minimum Gasteiger partial charge on any atom is -0.468 e. The zero-order valence-corrected chi connectivity index (χ0v) is 11.9. The van der Waals surface area contributed by atoms with Gasteiger partial charge >= 0.3 is 5.97 Å². The Morgan fingerprint density at radius 3 is 2.15 bits per heavy atom. The summed E-state index contributed by atoms with van der Waals surface area (Å²) < 4.78 is 4.54. The molecule has 0 saturated heterocycles. The Labute approximate surface area is 118 Å². The lowest BCUT2D eigenvalue weighted by molar-refractivity contribution is -0.142. The summed E-state index contributed by atoms with van der Waals surface area (Å²) in [6.45, 7) is 3.37. The summed E-state index contributed by atoms with van der Waals surface area (Å²) in [5, 5.41) is 0. The van der Waals surface area contributed by atoms with Crippen LogP contribution in [0, 0.1) is 5.92 Å². The maximum atomic E-state index is 11.8. The van der Waals surface area contributed by atoms with Crippen LogP contribution in [-0.4, -0.2) is 30.7 Å². The van der Waals surface area contributed by atoms with Crippen LogP contribution in [0.1, 0.15) is 29.8 Å². The topological polar surface area (TPSA) is 86.5 Å². The number of ketones is 2. The molecule has 0 aliphatic carbocycles. The molecule has 0 heterocycles. The highest BCUT2D eigenvalue weighted by Crippen LogP contribution is 2.10. The van der Waals surface area contributed by atoms with Crippen LogP contribution in [-0.2, 0) is 20.7 Å². The van der Waals surface area contributed by atoms with Crippen molar-refractivity contribution in [3.63, 3.8) is 0 Å². The van der Waals surface area contributed by atoms with Gasteiger partial charge in [-0.2, -0.15) is 0 Å². The summed E-state index contributed by atoms with van der Waals surface area (Å²) >= 11 is 0. The van der Waals surface area contributed by atoms with Gasteiger partial charge in [-0.05, 0) is 12.0 Å². The average Bonchev–Trinajstić information content (AvgIpc) is 2.45. The van der Waals surface area contributed by atoms with Gasteiger partial charge in [0.1, 0.15) is 6.04 Å². The number of Topliss-reactive ketones (excluding diaryl/α,β-unsaturated/α-hetero) is 2. The Hall–Kier alpha value is -2.01. The van der Waals surface area contributed by atoms with Crippen molar-refractivity contribution in [1.29, 1.82) is 0 Å². The fraction of sp³-hybridized carbons (Fsp3) is 0.400. The first kappa shape index (κ1) is 16.0.